The molecule has 0 aliphatic carbocycles. The van der Waals surface area contributed by atoms with E-state index in [2.05, 4.69) is 10.3 Å². The number of para-hydroxylation sites is 1. The van der Waals surface area contributed by atoms with E-state index in [4.69, 9.17) is 20.9 Å². The molecule has 0 bridgehead atoms. The summed E-state index contributed by atoms with van der Waals surface area (Å²) in [5.41, 5.74) is 1.88. The van der Waals surface area contributed by atoms with Crippen LogP contribution in [0.4, 0.5) is 0 Å². The van der Waals surface area contributed by atoms with Crippen molar-refractivity contribution < 1.29 is 14.1 Å². The van der Waals surface area contributed by atoms with E-state index in [1.54, 1.807) is 24.1 Å². The van der Waals surface area contributed by atoms with Crippen LogP contribution in [0, 0.1) is 0 Å². The number of benzene rings is 1. The van der Waals surface area contributed by atoms with Crippen LogP contribution in [-0.2, 0) is 7.05 Å². The van der Waals surface area contributed by atoms with E-state index in [1.807, 2.05) is 36.2 Å². The fourth-order valence-electron chi connectivity index (χ4n) is 3.93. The highest BCUT2D eigenvalue weighted by Gasteiger charge is 2.32. The molecule has 8 heteroatoms. The molecule has 1 amide bonds. The summed E-state index contributed by atoms with van der Waals surface area (Å²) in [5, 5.41) is 8.88. The summed E-state index contributed by atoms with van der Waals surface area (Å²) in [5.74, 6) is 0.992. The number of methoxy groups -OCH3 is 1. The number of ether oxygens (including phenoxy) is 1. The summed E-state index contributed by atoms with van der Waals surface area (Å²) in [7, 11) is 3.45. The van der Waals surface area contributed by atoms with Gasteiger partial charge >= 0.3 is 0 Å². The van der Waals surface area contributed by atoms with E-state index >= 15 is 0 Å². The van der Waals surface area contributed by atoms with Crippen molar-refractivity contribution in [3.05, 3.63) is 52.9 Å². The first-order valence-electron chi connectivity index (χ1n) is 9.68. The summed E-state index contributed by atoms with van der Waals surface area (Å²) in [6.45, 7) is 0.641. The lowest BCUT2D eigenvalue weighted by molar-refractivity contribution is 0.0663. The molecule has 1 aromatic carbocycles. The van der Waals surface area contributed by atoms with Crippen LogP contribution in [0.3, 0.4) is 0 Å². The average molecular weight is 415 g/mol. The molecule has 2 aromatic heterocycles. The maximum atomic E-state index is 13.4. The van der Waals surface area contributed by atoms with Gasteiger partial charge in [-0.25, -0.2) is 0 Å². The first-order chi connectivity index (χ1) is 14.1. The maximum absolute atomic E-state index is 13.4. The lowest BCUT2D eigenvalue weighted by Gasteiger charge is -2.29. The van der Waals surface area contributed by atoms with Crippen molar-refractivity contribution in [3.63, 3.8) is 0 Å². The van der Waals surface area contributed by atoms with Gasteiger partial charge in [-0.2, -0.15) is 5.10 Å². The zero-order chi connectivity index (χ0) is 20.4. The summed E-state index contributed by atoms with van der Waals surface area (Å²) >= 11 is 6.40. The average Bonchev–Trinajstić information content (AvgIpc) is 3.27. The second-order valence-electron chi connectivity index (χ2n) is 7.14. The van der Waals surface area contributed by atoms with Crippen LogP contribution in [0.25, 0.3) is 11.3 Å². The standard InChI is InChI=1S/C21H23ClN4O3/c1-25-20(15(22)13-23-25)17-9-4-3-7-11-26(17)21(27)16-12-19(29-24-16)14-8-5-6-10-18(14)28-2/h5-6,8,10,12-13,17H,3-4,7,9,11H2,1-2H3. The molecule has 3 aromatic rings. The first-order valence-corrected chi connectivity index (χ1v) is 10.1. The molecule has 1 unspecified atom stereocenters. The summed E-state index contributed by atoms with van der Waals surface area (Å²) in [4.78, 5) is 15.2. The molecule has 1 aliphatic heterocycles. The van der Waals surface area contributed by atoms with Crippen molar-refractivity contribution in [2.24, 2.45) is 7.05 Å². The minimum Gasteiger partial charge on any atom is -0.496 e. The number of amides is 1. The predicted octanol–water partition coefficient (Wildman–Crippen LogP) is 4.49. The number of aryl methyl sites for hydroxylation is 1. The Bertz CT molecular complexity index is 994. The molecular weight excluding hydrogens is 392 g/mol. The van der Waals surface area contributed by atoms with E-state index in [0.29, 0.717) is 23.1 Å². The van der Waals surface area contributed by atoms with Gasteiger partial charge in [0.2, 0.25) is 0 Å². The fourth-order valence-corrected chi connectivity index (χ4v) is 4.22. The maximum Gasteiger partial charge on any atom is 0.276 e. The number of halogens is 1. The first kappa shape index (κ1) is 19.5. The zero-order valence-electron chi connectivity index (χ0n) is 16.5. The lowest BCUT2D eigenvalue weighted by Crippen LogP contribution is -2.36. The molecule has 3 heterocycles. The highest BCUT2D eigenvalue weighted by molar-refractivity contribution is 6.31. The molecule has 0 radical (unpaired) electrons. The summed E-state index contributed by atoms with van der Waals surface area (Å²) < 4.78 is 12.6. The van der Waals surface area contributed by atoms with Crippen molar-refractivity contribution in [1.29, 1.82) is 0 Å². The highest BCUT2D eigenvalue weighted by atomic mass is 35.5. The molecule has 7 nitrogen and oxygen atoms in total. The molecular formula is C21H23ClN4O3. The predicted molar refractivity (Wildman–Crippen MR) is 109 cm³/mol. The van der Waals surface area contributed by atoms with Crippen molar-refractivity contribution in [2.75, 3.05) is 13.7 Å². The number of nitrogens with zero attached hydrogens (tertiary/aromatic N) is 4. The van der Waals surface area contributed by atoms with Crippen LogP contribution in [0.15, 0.2) is 41.1 Å². The minimum atomic E-state index is -0.168. The molecule has 29 heavy (non-hydrogen) atoms. The SMILES string of the molecule is COc1ccccc1-c1cc(C(=O)N2CCCCCC2c2c(Cl)cnn2C)no1. The Morgan fingerprint density at radius 1 is 1.28 bits per heavy atom. The third kappa shape index (κ3) is 3.74. The van der Waals surface area contributed by atoms with Gasteiger partial charge < -0.3 is 14.2 Å². The van der Waals surface area contributed by atoms with E-state index < -0.39 is 0 Å². The van der Waals surface area contributed by atoms with Crippen LogP contribution < -0.4 is 4.74 Å². The van der Waals surface area contributed by atoms with Crippen LogP contribution in [0.5, 0.6) is 5.75 Å². The number of rotatable bonds is 4. The van der Waals surface area contributed by atoms with Crippen LogP contribution in [0.2, 0.25) is 5.02 Å². The van der Waals surface area contributed by atoms with Crippen LogP contribution in [0.1, 0.15) is 47.9 Å². The van der Waals surface area contributed by atoms with Crippen molar-refractivity contribution in [2.45, 2.75) is 31.7 Å². The third-order valence-electron chi connectivity index (χ3n) is 5.37. The normalized spacial score (nSPS) is 17.2. The molecule has 152 valence electrons. The number of hydrogen-bond acceptors (Lipinski definition) is 5. The molecule has 0 N–H and O–H groups in total. The van der Waals surface area contributed by atoms with Crippen LogP contribution in [-0.4, -0.2) is 39.4 Å². The Morgan fingerprint density at radius 3 is 2.86 bits per heavy atom. The Labute approximate surface area is 174 Å². The Hall–Kier alpha value is -2.80. The van der Waals surface area contributed by atoms with Gasteiger partial charge in [0.1, 0.15) is 5.75 Å². The second kappa shape index (κ2) is 8.29. The Kier molecular flexibility index (Phi) is 5.58. The molecule has 1 atom stereocenters. The lowest BCUT2D eigenvalue weighted by atomic mass is 10.1. The smallest absolute Gasteiger partial charge is 0.276 e. The van der Waals surface area contributed by atoms with Gasteiger partial charge in [0.15, 0.2) is 11.5 Å². The van der Waals surface area contributed by atoms with E-state index in [9.17, 15) is 4.79 Å². The third-order valence-corrected chi connectivity index (χ3v) is 5.66. The van der Waals surface area contributed by atoms with Gasteiger partial charge in [0.25, 0.3) is 5.91 Å². The number of carbonyl (C=O) groups excluding carboxylic acids is 1. The summed E-state index contributed by atoms with van der Waals surface area (Å²) in [6, 6.07) is 9.01. The molecule has 1 fully saturated rings. The van der Waals surface area contributed by atoms with Gasteiger partial charge in [0, 0.05) is 19.7 Å². The van der Waals surface area contributed by atoms with Crippen LogP contribution >= 0.6 is 11.6 Å². The van der Waals surface area contributed by atoms with Gasteiger partial charge in [0.05, 0.1) is 35.6 Å². The van der Waals surface area contributed by atoms with Crippen molar-refractivity contribution in [3.8, 4) is 17.1 Å². The topological polar surface area (TPSA) is 73.4 Å². The Balaban J connectivity index is 1.66. The molecule has 0 spiro atoms. The monoisotopic (exact) mass is 414 g/mol. The van der Waals surface area contributed by atoms with Crippen molar-refractivity contribution in [1.82, 2.24) is 19.8 Å². The highest BCUT2D eigenvalue weighted by Crippen LogP contribution is 2.35. The van der Waals surface area contributed by atoms with Gasteiger partial charge in [-0.1, -0.05) is 41.7 Å². The largest absolute Gasteiger partial charge is 0.496 e. The Morgan fingerprint density at radius 2 is 2.10 bits per heavy atom. The van der Waals surface area contributed by atoms with E-state index in [0.717, 1.165) is 36.9 Å². The zero-order valence-corrected chi connectivity index (χ0v) is 17.2. The van der Waals surface area contributed by atoms with Gasteiger partial charge in [-0.3, -0.25) is 9.48 Å². The van der Waals surface area contributed by atoms with Gasteiger partial charge in [-0.05, 0) is 25.0 Å². The number of aromatic nitrogens is 3. The minimum absolute atomic E-state index is 0.142. The molecule has 1 aliphatic rings. The fraction of sp³-hybridized carbons (Fsp3) is 0.381. The molecule has 1 saturated heterocycles. The van der Waals surface area contributed by atoms with Crippen molar-refractivity contribution >= 4 is 17.5 Å². The summed E-state index contributed by atoms with van der Waals surface area (Å²) in [6.07, 6.45) is 5.50. The molecule has 4 rings (SSSR count). The van der Waals surface area contributed by atoms with E-state index in [1.165, 1.54) is 0 Å². The number of carbonyl (C=O) groups is 1. The number of likely N-dealkylation sites (tertiary alicyclic amines) is 1. The van der Waals surface area contributed by atoms with Gasteiger partial charge in [-0.15, -0.1) is 0 Å². The number of hydrogen-bond donors (Lipinski definition) is 0. The molecule has 0 saturated carbocycles. The van der Waals surface area contributed by atoms with E-state index in [-0.39, 0.29) is 17.6 Å². The quantitative estimate of drug-likeness (QED) is 0.628. The second-order valence-corrected chi connectivity index (χ2v) is 7.55.